The topological polar surface area (TPSA) is 82.8 Å². The van der Waals surface area contributed by atoms with E-state index in [2.05, 4.69) is 10.1 Å². The van der Waals surface area contributed by atoms with Crippen molar-refractivity contribution in [1.29, 1.82) is 0 Å². The normalized spacial score (nSPS) is 9.20. The van der Waals surface area contributed by atoms with E-state index in [1.807, 2.05) is 18.2 Å². The third kappa shape index (κ3) is 2.23. The van der Waals surface area contributed by atoms with Crippen molar-refractivity contribution in [2.45, 2.75) is 0 Å². The van der Waals surface area contributed by atoms with Crippen LogP contribution in [0.3, 0.4) is 0 Å². The van der Waals surface area contributed by atoms with E-state index in [9.17, 15) is 0 Å². The highest BCUT2D eigenvalue weighted by atomic mass is 16.0. The van der Waals surface area contributed by atoms with Crippen LogP contribution in [0.15, 0.2) is 29.5 Å². The first-order chi connectivity index (χ1) is 4.43. The maximum atomic E-state index is 4.89. The zero-order valence-electron chi connectivity index (χ0n) is 5.36. The van der Waals surface area contributed by atoms with Crippen molar-refractivity contribution in [3.63, 3.8) is 0 Å². The summed E-state index contributed by atoms with van der Waals surface area (Å²) in [5.41, 5.74) is 0.778. The molecule has 0 aromatic carbocycles. The predicted molar refractivity (Wildman–Crippen MR) is 39.6 cm³/mol. The number of hydrazone groups is 1. The summed E-state index contributed by atoms with van der Waals surface area (Å²) < 4.78 is 0. The maximum Gasteiger partial charge on any atom is 0.0830 e. The van der Waals surface area contributed by atoms with E-state index in [0.717, 1.165) is 5.69 Å². The molecule has 1 aromatic rings. The van der Waals surface area contributed by atoms with E-state index in [1.165, 1.54) is 6.21 Å². The van der Waals surface area contributed by atoms with Gasteiger partial charge in [-0.25, -0.2) is 0 Å². The van der Waals surface area contributed by atoms with Gasteiger partial charge in [-0.15, -0.1) is 0 Å². The summed E-state index contributed by atoms with van der Waals surface area (Å²) >= 11 is 0. The van der Waals surface area contributed by atoms with Gasteiger partial charge in [0.15, 0.2) is 0 Å². The molecule has 0 spiro atoms. The molecule has 54 valence electrons. The lowest BCUT2D eigenvalue weighted by Crippen LogP contribution is -1.88. The summed E-state index contributed by atoms with van der Waals surface area (Å²) in [6, 6.07) is 5.55. The maximum absolute atomic E-state index is 4.89. The Morgan fingerprint density at radius 3 is 2.80 bits per heavy atom. The van der Waals surface area contributed by atoms with Gasteiger partial charge in [-0.1, -0.05) is 6.07 Å². The molecule has 0 unspecified atom stereocenters. The number of aromatic nitrogens is 1. The molecule has 4 heteroatoms. The Balaban J connectivity index is 0.000000810. The lowest BCUT2D eigenvalue weighted by molar-refractivity contribution is 0.824. The SMILES string of the molecule is NN=Cc1ccccn1.O. The fraction of sp³-hybridized carbons (Fsp3) is 0. The Kier molecular flexibility index (Phi) is 3.83. The quantitative estimate of drug-likeness (QED) is 0.324. The van der Waals surface area contributed by atoms with E-state index in [-0.39, 0.29) is 5.48 Å². The second kappa shape index (κ2) is 4.46. The Bertz CT molecular complexity index is 197. The van der Waals surface area contributed by atoms with E-state index in [0.29, 0.717) is 0 Å². The largest absolute Gasteiger partial charge is 0.412 e. The van der Waals surface area contributed by atoms with Gasteiger partial charge in [0.05, 0.1) is 11.9 Å². The summed E-state index contributed by atoms with van der Waals surface area (Å²) in [5.74, 6) is 4.89. The molecule has 1 heterocycles. The molecule has 0 amide bonds. The summed E-state index contributed by atoms with van der Waals surface area (Å²) in [6.07, 6.45) is 3.19. The van der Waals surface area contributed by atoms with Crippen molar-refractivity contribution in [3.8, 4) is 0 Å². The number of nitrogens with zero attached hydrogens (tertiary/aromatic N) is 2. The summed E-state index contributed by atoms with van der Waals surface area (Å²) in [7, 11) is 0. The smallest absolute Gasteiger partial charge is 0.0830 e. The number of nitrogens with two attached hydrogens (primary N) is 1. The summed E-state index contributed by atoms with van der Waals surface area (Å²) in [4.78, 5) is 3.94. The lowest BCUT2D eigenvalue weighted by Gasteiger charge is -1.85. The molecule has 0 saturated carbocycles. The molecule has 0 aliphatic carbocycles. The van der Waals surface area contributed by atoms with Gasteiger partial charge in [0, 0.05) is 6.20 Å². The monoisotopic (exact) mass is 139 g/mol. The number of hydrogen-bond donors (Lipinski definition) is 1. The molecule has 0 fully saturated rings. The van der Waals surface area contributed by atoms with Crippen LogP contribution in [-0.4, -0.2) is 16.7 Å². The molecule has 0 aliphatic rings. The average molecular weight is 139 g/mol. The Morgan fingerprint density at radius 1 is 1.50 bits per heavy atom. The van der Waals surface area contributed by atoms with Gasteiger partial charge < -0.3 is 11.3 Å². The summed E-state index contributed by atoms with van der Waals surface area (Å²) in [6.45, 7) is 0. The van der Waals surface area contributed by atoms with Crippen molar-refractivity contribution >= 4 is 6.21 Å². The minimum absolute atomic E-state index is 0. The third-order valence-electron chi connectivity index (χ3n) is 0.895. The molecular formula is C6H9N3O. The predicted octanol–water partition coefficient (Wildman–Crippen LogP) is -0.450. The van der Waals surface area contributed by atoms with Crippen molar-refractivity contribution in [2.24, 2.45) is 10.9 Å². The molecule has 0 saturated heterocycles. The van der Waals surface area contributed by atoms with Crippen molar-refractivity contribution < 1.29 is 5.48 Å². The highest BCUT2D eigenvalue weighted by Crippen LogP contribution is 1.86. The zero-order chi connectivity index (χ0) is 6.53. The van der Waals surface area contributed by atoms with Crippen LogP contribution in [0.4, 0.5) is 0 Å². The van der Waals surface area contributed by atoms with E-state index < -0.39 is 0 Å². The van der Waals surface area contributed by atoms with Crippen molar-refractivity contribution in [3.05, 3.63) is 30.1 Å². The first-order valence-corrected chi connectivity index (χ1v) is 2.58. The molecule has 4 N–H and O–H groups in total. The number of rotatable bonds is 1. The van der Waals surface area contributed by atoms with Gasteiger partial charge >= 0.3 is 0 Å². The van der Waals surface area contributed by atoms with Crippen LogP contribution < -0.4 is 5.84 Å². The molecule has 0 atom stereocenters. The van der Waals surface area contributed by atoms with Crippen LogP contribution in [0, 0.1) is 0 Å². The van der Waals surface area contributed by atoms with Crippen LogP contribution in [0.25, 0.3) is 0 Å². The first-order valence-electron chi connectivity index (χ1n) is 2.58. The third-order valence-corrected chi connectivity index (χ3v) is 0.895. The Hall–Kier alpha value is -1.42. The van der Waals surface area contributed by atoms with Gasteiger partial charge in [0.1, 0.15) is 0 Å². The van der Waals surface area contributed by atoms with Crippen molar-refractivity contribution in [2.75, 3.05) is 0 Å². The Morgan fingerprint density at radius 2 is 2.30 bits per heavy atom. The second-order valence-electron chi connectivity index (χ2n) is 1.53. The fourth-order valence-electron chi connectivity index (χ4n) is 0.529. The van der Waals surface area contributed by atoms with E-state index in [1.54, 1.807) is 6.20 Å². The number of hydrogen-bond acceptors (Lipinski definition) is 3. The lowest BCUT2D eigenvalue weighted by atomic mass is 10.4. The minimum Gasteiger partial charge on any atom is -0.412 e. The Labute approximate surface area is 58.7 Å². The molecule has 4 nitrogen and oxygen atoms in total. The molecular weight excluding hydrogens is 130 g/mol. The second-order valence-corrected chi connectivity index (χ2v) is 1.53. The standard InChI is InChI=1S/C6H7N3.H2O/c7-9-5-6-3-1-2-4-8-6;/h1-5H,7H2;1H2. The van der Waals surface area contributed by atoms with Crippen LogP contribution in [-0.2, 0) is 0 Å². The highest BCUT2D eigenvalue weighted by Gasteiger charge is 1.81. The van der Waals surface area contributed by atoms with Crippen LogP contribution in [0.1, 0.15) is 5.69 Å². The number of pyridine rings is 1. The molecule has 1 aromatic heterocycles. The summed E-state index contributed by atoms with van der Waals surface area (Å²) in [5, 5.41) is 3.32. The van der Waals surface area contributed by atoms with Crippen LogP contribution >= 0.6 is 0 Å². The molecule has 0 aliphatic heterocycles. The first kappa shape index (κ1) is 8.58. The van der Waals surface area contributed by atoms with Gasteiger partial charge in [-0.3, -0.25) is 4.98 Å². The fourth-order valence-corrected chi connectivity index (χ4v) is 0.529. The van der Waals surface area contributed by atoms with Crippen LogP contribution in [0.2, 0.25) is 0 Å². The van der Waals surface area contributed by atoms with E-state index in [4.69, 9.17) is 5.84 Å². The molecule has 10 heavy (non-hydrogen) atoms. The average Bonchev–Trinajstić information content (AvgIpc) is 1.91. The van der Waals surface area contributed by atoms with Gasteiger partial charge in [0.2, 0.25) is 0 Å². The molecule has 1 rings (SSSR count). The van der Waals surface area contributed by atoms with Crippen LogP contribution in [0.5, 0.6) is 0 Å². The highest BCUT2D eigenvalue weighted by molar-refractivity contribution is 5.76. The minimum atomic E-state index is 0. The van der Waals surface area contributed by atoms with Gasteiger partial charge in [-0.05, 0) is 12.1 Å². The van der Waals surface area contributed by atoms with Gasteiger partial charge in [0.25, 0.3) is 0 Å². The van der Waals surface area contributed by atoms with Crippen molar-refractivity contribution in [1.82, 2.24) is 4.98 Å². The molecule has 0 bridgehead atoms. The van der Waals surface area contributed by atoms with Gasteiger partial charge in [-0.2, -0.15) is 5.10 Å². The molecule has 0 radical (unpaired) electrons. The zero-order valence-corrected chi connectivity index (χ0v) is 5.36. The van der Waals surface area contributed by atoms with E-state index >= 15 is 0 Å².